The van der Waals surface area contributed by atoms with E-state index in [-0.39, 0.29) is 5.41 Å². The van der Waals surface area contributed by atoms with Gasteiger partial charge in [0, 0.05) is 19.4 Å². The molecule has 0 aliphatic rings. The molecule has 0 spiro atoms. The Hall–Kier alpha value is -0.900. The first-order chi connectivity index (χ1) is 8.52. The van der Waals surface area contributed by atoms with Crippen LogP contribution in [0.1, 0.15) is 58.6 Å². The summed E-state index contributed by atoms with van der Waals surface area (Å²) in [5, 5.41) is 4.53. The number of hydrogen-bond acceptors (Lipinski definition) is 3. The summed E-state index contributed by atoms with van der Waals surface area (Å²) in [6, 6.07) is 0. The summed E-state index contributed by atoms with van der Waals surface area (Å²) in [7, 11) is 0. The predicted octanol–water partition coefficient (Wildman–Crippen LogP) is 2.56. The van der Waals surface area contributed by atoms with Crippen LogP contribution in [-0.2, 0) is 19.4 Å². The Morgan fingerprint density at radius 2 is 1.89 bits per heavy atom. The molecule has 4 nitrogen and oxygen atoms in total. The van der Waals surface area contributed by atoms with Gasteiger partial charge < -0.3 is 5.73 Å². The lowest BCUT2D eigenvalue weighted by Crippen LogP contribution is -2.23. The van der Waals surface area contributed by atoms with Gasteiger partial charge >= 0.3 is 0 Å². The molecule has 0 saturated carbocycles. The molecular weight excluding hydrogens is 224 g/mol. The van der Waals surface area contributed by atoms with Crippen LogP contribution in [-0.4, -0.2) is 21.3 Å². The zero-order chi connectivity index (χ0) is 13.6. The van der Waals surface area contributed by atoms with Crippen molar-refractivity contribution in [3.05, 3.63) is 11.6 Å². The van der Waals surface area contributed by atoms with Crippen LogP contribution in [0.2, 0.25) is 0 Å². The fraction of sp³-hybridized carbons (Fsp3) is 0.857. The second-order valence-electron chi connectivity index (χ2n) is 5.70. The van der Waals surface area contributed by atoms with Crippen LogP contribution < -0.4 is 5.73 Å². The van der Waals surface area contributed by atoms with E-state index in [1.54, 1.807) is 0 Å². The lowest BCUT2D eigenvalue weighted by atomic mass is 9.87. The van der Waals surface area contributed by atoms with Crippen molar-refractivity contribution in [3.63, 3.8) is 0 Å². The molecule has 0 aromatic carbocycles. The molecule has 0 fully saturated rings. The topological polar surface area (TPSA) is 56.7 Å². The molecule has 1 heterocycles. The van der Waals surface area contributed by atoms with Gasteiger partial charge in [0.05, 0.1) is 0 Å². The highest BCUT2D eigenvalue weighted by molar-refractivity contribution is 4.92. The minimum Gasteiger partial charge on any atom is -0.330 e. The summed E-state index contributed by atoms with van der Waals surface area (Å²) >= 11 is 0. The van der Waals surface area contributed by atoms with Gasteiger partial charge in [0.1, 0.15) is 5.82 Å². The average molecular weight is 252 g/mol. The minimum absolute atomic E-state index is 0.268. The number of unbranched alkanes of at least 4 members (excludes halogenated alkanes) is 1. The second kappa shape index (κ2) is 6.88. The lowest BCUT2D eigenvalue weighted by molar-refractivity contribution is 0.326. The van der Waals surface area contributed by atoms with Gasteiger partial charge in [-0.25, -0.2) is 9.67 Å². The fourth-order valence-corrected chi connectivity index (χ4v) is 1.98. The Morgan fingerprint density at radius 1 is 1.17 bits per heavy atom. The maximum absolute atomic E-state index is 5.74. The Morgan fingerprint density at radius 3 is 2.44 bits per heavy atom. The van der Waals surface area contributed by atoms with E-state index in [1.807, 2.05) is 0 Å². The molecule has 1 aromatic heterocycles. The molecule has 0 aliphatic heterocycles. The van der Waals surface area contributed by atoms with Gasteiger partial charge in [0.25, 0.3) is 0 Å². The molecule has 0 unspecified atom stereocenters. The molecule has 0 bridgehead atoms. The van der Waals surface area contributed by atoms with Crippen molar-refractivity contribution in [3.8, 4) is 0 Å². The van der Waals surface area contributed by atoms with Crippen LogP contribution in [0.4, 0.5) is 0 Å². The van der Waals surface area contributed by atoms with Crippen LogP contribution in [0.3, 0.4) is 0 Å². The number of nitrogens with two attached hydrogens (primary N) is 1. The lowest BCUT2D eigenvalue weighted by Gasteiger charge is -2.21. The highest BCUT2D eigenvalue weighted by atomic mass is 15.3. The molecule has 1 rings (SSSR count). The zero-order valence-corrected chi connectivity index (χ0v) is 12.4. The van der Waals surface area contributed by atoms with Crippen LogP contribution in [0.5, 0.6) is 0 Å². The van der Waals surface area contributed by atoms with E-state index in [9.17, 15) is 0 Å². The first-order valence-corrected chi connectivity index (χ1v) is 7.15. The Labute approximate surface area is 111 Å². The molecule has 104 valence electrons. The van der Waals surface area contributed by atoms with E-state index in [2.05, 4.69) is 42.5 Å². The van der Waals surface area contributed by atoms with Crippen LogP contribution >= 0.6 is 0 Å². The Bertz CT molecular complexity index is 355. The van der Waals surface area contributed by atoms with Crippen molar-refractivity contribution in [2.24, 2.45) is 11.1 Å². The summed E-state index contributed by atoms with van der Waals surface area (Å²) in [6.07, 6.45) is 5.42. The highest BCUT2D eigenvalue weighted by Crippen LogP contribution is 2.21. The van der Waals surface area contributed by atoms with Crippen molar-refractivity contribution >= 4 is 0 Å². The average Bonchev–Trinajstić information content (AvgIpc) is 2.77. The van der Waals surface area contributed by atoms with Crippen LogP contribution in [0.15, 0.2) is 0 Å². The van der Waals surface area contributed by atoms with E-state index in [0.717, 1.165) is 44.0 Å². The molecule has 0 amide bonds. The Balaban J connectivity index is 2.41. The van der Waals surface area contributed by atoms with Gasteiger partial charge in [-0.2, -0.15) is 5.10 Å². The smallest absolute Gasteiger partial charge is 0.150 e. The normalized spacial score (nSPS) is 12.1. The molecule has 2 N–H and O–H groups in total. The van der Waals surface area contributed by atoms with Gasteiger partial charge in [-0.3, -0.25) is 0 Å². The zero-order valence-electron chi connectivity index (χ0n) is 12.4. The third kappa shape index (κ3) is 4.41. The molecule has 0 saturated heterocycles. The van der Waals surface area contributed by atoms with E-state index in [4.69, 9.17) is 5.73 Å². The highest BCUT2D eigenvalue weighted by Gasteiger charge is 2.14. The van der Waals surface area contributed by atoms with E-state index in [1.165, 1.54) is 12.8 Å². The van der Waals surface area contributed by atoms with Crippen molar-refractivity contribution in [1.82, 2.24) is 14.8 Å². The summed E-state index contributed by atoms with van der Waals surface area (Å²) < 4.78 is 2.08. The second-order valence-corrected chi connectivity index (χ2v) is 5.70. The molecule has 0 radical (unpaired) electrons. The summed E-state index contributed by atoms with van der Waals surface area (Å²) in [4.78, 5) is 4.52. The van der Waals surface area contributed by atoms with E-state index < -0.39 is 0 Å². The molecular formula is C14H28N4. The summed E-state index contributed by atoms with van der Waals surface area (Å²) in [5.74, 6) is 2.08. The third-order valence-electron chi connectivity index (χ3n) is 3.45. The molecule has 18 heavy (non-hydrogen) atoms. The SMILES string of the molecule is CCc1nc(CC)n(CCCCC(C)(C)CN)n1. The quantitative estimate of drug-likeness (QED) is 0.723. The number of rotatable bonds is 8. The Kier molecular flexibility index (Phi) is 5.79. The van der Waals surface area contributed by atoms with Crippen molar-refractivity contribution in [2.75, 3.05) is 6.54 Å². The maximum atomic E-state index is 5.74. The van der Waals surface area contributed by atoms with Gasteiger partial charge in [0.15, 0.2) is 5.82 Å². The molecule has 4 heteroatoms. The first-order valence-electron chi connectivity index (χ1n) is 7.15. The first kappa shape index (κ1) is 15.2. The standard InChI is InChI=1S/C14H28N4/c1-5-12-16-13(6-2)18(17-12)10-8-7-9-14(3,4)11-15/h5-11,15H2,1-4H3. The van der Waals surface area contributed by atoms with Gasteiger partial charge in [-0.05, 0) is 24.8 Å². The van der Waals surface area contributed by atoms with Gasteiger partial charge in [-0.15, -0.1) is 0 Å². The number of aromatic nitrogens is 3. The van der Waals surface area contributed by atoms with Crippen LogP contribution in [0, 0.1) is 5.41 Å². The maximum Gasteiger partial charge on any atom is 0.150 e. The van der Waals surface area contributed by atoms with E-state index in [0.29, 0.717) is 0 Å². The predicted molar refractivity (Wildman–Crippen MR) is 75.5 cm³/mol. The third-order valence-corrected chi connectivity index (χ3v) is 3.45. The summed E-state index contributed by atoms with van der Waals surface area (Å²) in [6.45, 7) is 10.4. The molecule has 1 aromatic rings. The van der Waals surface area contributed by atoms with Crippen LogP contribution in [0.25, 0.3) is 0 Å². The van der Waals surface area contributed by atoms with Crippen molar-refractivity contribution in [2.45, 2.75) is 66.3 Å². The number of nitrogens with zero attached hydrogens (tertiary/aromatic N) is 3. The molecule has 0 atom stereocenters. The van der Waals surface area contributed by atoms with Gasteiger partial charge in [-0.1, -0.05) is 34.1 Å². The van der Waals surface area contributed by atoms with Crippen molar-refractivity contribution < 1.29 is 0 Å². The molecule has 0 aliphatic carbocycles. The number of hydrogen-bond donors (Lipinski definition) is 1. The minimum atomic E-state index is 0.268. The summed E-state index contributed by atoms with van der Waals surface area (Å²) in [5.41, 5.74) is 6.01. The fourth-order valence-electron chi connectivity index (χ4n) is 1.98. The van der Waals surface area contributed by atoms with E-state index >= 15 is 0 Å². The monoisotopic (exact) mass is 252 g/mol. The van der Waals surface area contributed by atoms with Crippen molar-refractivity contribution in [1.29, 1.82) is 0 Å². The number of aryl methyl sites for hydroxylation is 3. The van der Waals surface area contributed by atoms with Gasteiger partial charge in [0.2, 0.25) is 0 Å². The largest absolute Gasteiger partial charge is 0.330 e.